The minimum absolute atomic E-state index is 0.0485. The quantitative estimate of drug-likeness (QED) is 0.401. The zero-order valence-electron chi connectivity index (χ0n) is 16.7. The van der Waals surface area contributed by atoms with Gasteiger partial charge in [-0.2, -0.15) is 0 Å². The molecule has 1 unspecified atom stereocenters. The van der Waals surface area contributed by atoms with E-state index in [-0.39, 0.29) is 5.25 Å². The summed E-state index contributed by atoms with van der Waals surface area (Å²) in [5.41, 5.74) is 9.07. The molecular formula is C24H24N2O2S2. The van der Waals surface area contributed by atoms with Crippen LogP contribution in [0.4, 0.5) is 0 Å². The summed E-state index contributed by atoms with van der Waals surface area (Å²) in [7, 11) is -3.69. The van der Waals surface area contributed by atoms with E-state index in [4.69, 9.17) is 5.73 Å². The number of H-pyrrole nitrogens is 1. The van der Waals surface area contributed by atoms with E-state index in [1.165, 1.54) is 17.3 Å². The molecule has 0 spiro atoms. The van der Waals surface area contributed by atoms with E-state index >= 15 is 0 Å². The Morgan fingerprint density at radius 1 is 0.933 bits per heavy atom. The third kappa shape index (κ3) is 4.17. The molecule has 1 atom stereocenters. The Morgan fingerprint density at radius 2 is 1.60 bits per heavy atom. The van der Waals surface area contributed by atoms with Crippen LogP contribution >= 0.6 is 11.8 Å². The molecule has 0 saturated carbocycles. The number of aryl methyl sites for hydroxylation is 1. The third-order valence-corrected chi connectivity index (χ3v) is 8.30. The number of para-hydroxylation sites is 1. The number of aromatic amines is 1. The molecule has 1 heterocycles. The second-order valence-corrected chi connectivity index (χ2v) is 10.5. The third-order valence-electron chi connectivity index (χ3n) is 5.08. The fourth-order valence-electron chi connectivity index (χ4n) is 3.49. The summed E-state index contributed by atoms with van der Waals surface area (Å²) < 4.78 is 27.2. The first-order chi connectivity index (χ1) is 14.5. The van der Waals surface area contributed by atoms with Crippen molar-refractivity contribution in [3.63, 3.8) is 0 Å². The van der Waals surface area contributed by atoms with E-state index in [9.17, 15) is 8.42 Å². The number of nitrogens with one attached hydrogen (secondary N) is 1. The van der Waals surface area contributed by atoms with Gasteiger partial charge in [0.1, 0.15) is 4.90 Å². The van der Waals surface area contributed by atoms with Crippen molar-refractivity contribution in [3.05, 3.63) is 90.0 Å². The van der Waals surface area contributed by atoms with Crippen molar-refractivity contribution < 1.29 is 8.42 Å². The Balaban J connectivity index is 1.77. The highest BCUT2D eigenvalue weighted by molar-refractivity contribution is 8.00. The molecule has 0 fully saturated rings. The number of fused-ring (bicyclic) bond motifs is 1. The van der Waals surface area contributed by atoms with Gasteiger partial charge in [0.15, 0.2) is 0 Å². The van der Waals surface area contributed by atoms with Crippen molar-refractivity contribution in [3.8, 4) is 0 Å². The molecule has 4 rings (SSSR count). The fourth-order valence-corrected chi connectivity index (χ4v) is 6.55. The zero-order chi connectivity index (χ0) is 21.1. The molecule has 0 bridgehead atoms. The molecule has 3 aromatic carbocycles. The van der Waals surface area contributed by atoms with Crippen LogP contribution in [0.1, 0.15) is 11.1 Å². The number of thioether (sulfide) groups is 1. The summed E-state index contributed by atoms with van der Waals surface area (Å²) in [5.74, 6) is 0. The molecule has 0 aliphatic heterocycles. The molecule has 0 saturated heterocycles. The summed E-state index contributed by atoms with van der Waals surface area (Å²) >= 11 is 1.50. The fraction of sp³-hybridized carbons (Fsp3) is 0.167. The standard InChI is InChI=1S/C24H24N2O2S2/c1-17-11-13-20(14-12-17)30(27,28)23-21-9-5-6-10-22(21)26-24(23)29-19(16-25)15-18-7-3-2-4-8-18/h2-14,19,26H,15-16,25H2,1H3. The Bertz CT molecular complexity index is 1250. The topological polar surface area (TPSA) is 75.9 Å². The van der Waals surface area contributed by atoms with Gasteiger partial charge >= 0.3 is 0 Å². The average molecular weight is 437 g/mol. The van der Waals surface area contributed by atoms with Crippen molar-refractivity contribution in [2.24, 2.45) is 5.73 Å². The van der Waals surface area contributed by atoms with Gasteiger partial charge in [0.25, 0.3) is 0 Å². The van der Waals surface area contributed by atoms with Gasteiger partial charge in [-0.15, -0.1) is 11.8 Å². The van der Waals surface area contributed by atoms with Gasteiger partial charge in [-0.05, 0) is 37.1 Å². The number of sulfone groups is 1. The number of benzene rings is 3. The van der Waals surface area contributed by atoms with Gasteiger partial charge in [-0.25, -0.2) is 8.42 Å². The molecule has 1 aromatic heterocycles. The number of aromatic nitrogens is 1. The highest BCUT2D eigenvalue weighted by Gasteiger charge is 2.28. The SMILES string of the molecule is Cc1ccc(S(=O)(=O)c2c(SC(CN)Cc3ccccc3)[nH]c3ccccc23)cc1. The molecule has 3 N–H and O–H groups in total. The van der Waals surface area contributed by atoms with Crippen LogP contribution < -0.4 is 5.73 Å². The van der Waals surface area contributed by atoms with Crippen LogP contribution in [0.5, 0.6) is 0 Å². The monoisotopic (exact) mass is 436 g/mol. The normalized spacial score (nSPS) is 12.9. The molecule has 0 amide bonds. The van der Waals surface area contributed by atoms with Crippen LogP contribution in [0, 0.1) is 6.92 Å². The molecule has 0 aliphatic rings. The van der Waals surface area contributed by atoms with Gasteiger partial charge in [0.05, 0.1) is 9.92 Å². The number of hydrogen-bond donors (Lipinski definition) is 2. The smallest absolute Gasteiger partial charge is 0.209 e. The Hall–Kier alpha value is -2.54. The lowest BCUT2D eigenvalue weighted by Crippen LogP contribution is -2.19. The second-order valence-electron chi connectivity index (χ2n) is 7.31. The summed E-state index contributed by atoms with van der Waals surface area (Å²) in [6.45, 7) is 2.39. The maximum absolute atomic E-state index is 13.6. The van der Waals surface area contributed by atoms with Gasteiger partial charge in [0, 0.05) is 22.7 Å². The van der Waals surface area contributed by atoms with E-state index in [1.807, 2.05) is 61.5 Å². The summed E-state index contributed by atoms with van der Waals surface area (Å²) in [6, 6.07) is 24.6. The number of rotatable bonds is 7. The largest absolute Gasteiger partial charge is 0.349 e. The van der Waals surface area contributed by atoms with E-state index in [0.29, 0.717) is 26.7 Å². The van der Waals surface area contributed by atoms with E-state index in [1.54, 1.807) is 12.1 Å². The molecule has 4 nitrogen and oxygen atoms in total. The van der Waals surface area contributed by atoms with Crippen LogP contribution in [0.15, 0.2) is 93.7 Å². The first kappa shape index (κ1) is 20.7. The van der Waals surface area contributed by atoms with Gasteiger partial charge in [-0.3, -0.25) is 0 Å². The minimum Gasteiger partial charge on any atom is -0.349 e. The molecule has 6 heteroatoms. The predicted molar refractivity (Wildman–Crippen MR) is 124 cm³/mol. The van der Waals surface area contributed by atoms with E-state index in [0.717, 1.165) is 17.5 Å². The van der Waals surface area contributed by atoms with Crippen LogP contribution in [-0.2, 0) is 16.3 Å². The number of nitrogens with two attached hydrogens (primary N) is 1. The van der Waals surface area contributed by atoms with Crippen molar-refractivity contribution in [2.45, 2.75) is 33.4 Å². The maximum atomic E-state index is 13.6. The van der Waals surface area contributed by atoms with Crippen LogP contribution in [-0.4, -0.2) is 25.2 Å². The highest BCUT2D eigenvalue weighted by atomic mass is 32.2. The predicted octanol–water partition coefficient (Wildman–Crippen LogP) is 4.97. The molecule has 4 aromatic rings. The van der Waals surface area contributed by atoms with Crippen molar-refractivity contribution in [2.75, 3.05) is 6.54 Å². The molecule has 30 heavy (non-hydrogen) atoms. The summed E-state index contributed by atoms with van der Waals surface area (Å²) in [4.78, 5) is 3.96. The lowest BCUT2D eigenvalue weighted by atomic mass is 10.1. The maximum Gasteiger partial charge on any atom is 0.209 e. The number of hydrogen-bond acceptors (Lipinski definition) is 4. The van der Waals surface area contributed by atoms with Gasteiger partial charge in [0.2, 0.25) is 9.84 Å². The van der Waals surface area contributed by atoms with Crippen LogP contribution in [0.3, 0.4) is 0 Å². The Labute approximate surface area is 181 Å². The van der Waals surface area contributed by atoms with Crippen molar-refractivity contribution >= 4 is 32.5 Å². The first-order valence-electron chi connectivity index (χ1n) is 9.82. The van der Waals surface area contributed by atoms with Crippen molar-refractivity contribution in [1.82, 2.24) is 4.98 Å². The van der Waals surface area contributed by atoms with Crippen LogP contribution in [0.2, 0.25) is 0 Å². The first-order valence-corrected chi connectivity index (χ1v) is 12.2. The zero-order valence-corrected chi connectivity index (χ0v) is 18.3. The summed E-state index contributed by atoms with van der Waals surface area (Å²) in [5, 5.41) is 1.40. The summed E-state index contributed by atoms with van der Waals surface area (Å²) in [6.07, 6.45) is 0.765. The van der Waals surface area contributed by atoms with E-state index in [2.05, 4.69) is 17.1 Å². The lowest BCUT2D eigenvalue weighted by molar-refractivity contribution is 0.595. The molecule has 0 aliphatic carbocycles. The second kappa shape index (κ2) is 8.68. The van der Waals surface area contributed by atoms with E-state index < -0.39 is 9.84 Å². The average Bonchev–Trinajstić information content (AvgIpc) is 3.13. The highest BCUT2D eigenvalue weighted by Crippen LogP contribution is 2.38. The lowest BCUT2D eigenvalue weighted by Gasteiger charge is -2.15. The molecular weight excluding hydrogens is 412 g/mol. The Kier molecular flexibility index (Phi) is 5.99. The van der Waals surface area contributed by atoms with Crippen LogP contribution in [0.25, 0.3) is 10.9 Å². The molecule has 154 valence electrons. The Morgan fingerprint density at radius 3 is 2.30 bits per heavy atom. The minimum atomic E-state index is -3.69. The van der Waals surface area contributed by atoms with Crippen molar-refractivity contribution in [1.29, 1.82) is 0 Å². The van der Waals surface area contributed by atoms with Gasteiger partial charge in [-0.1, -0.05) is 66.2 Å². The van der Waals surface area contributed by atoms with Gasteiger partial charge < -0.3 is 10.7 Å². The molecule has 0 radical (unpaired) electrons.